The molecular weight excluding hydrogens is 438 g/mol. The molecule has 1 spiro atoms. The van der Waals surface area contributed by atoms with Gasteiger partial charge in [0.15, 0.2) is 0 Å². The highest BCUT2D eigenvalue weighted by Crippen LogP contribution is 2.56. The minimum Gasteiger partial charge on any atom is -0.466 e. The predicted molar refractivity (Wildman–Crippen MR) is 136 cm³/mol. The number of hydrogen-bond acceptors (Lipinski definition) is 5. The van der Waals surface area contributed by atoms with Gasteiger partial charge < -0.3 is 10.1 Å². The molecule has 1 heterocycles. The van der Waals surface area contributed by atoms with E-state index in [0.29, 0.717) is 35.6 Å². The third-order valence-corrected chi connectivity index (χ3v) is 6.92. The van der Waals surface area contributed by atoms with Gasteiger partial charge in [-0.15, -0.1) is 0 Å². The van der Waals surface area contributed by atoms with Crippen molar-refractivity contribution < 1.29 is 14.3 Å². The molecule has 3 aromatic rings. The monoisotopic (exact) mass is 465 g/mol. The number of benzene rings is 3. The Morgan fingerprint density at radius 2 is 1.60 bits per heavy atom. The number of hydrogen-bond donors (Lipinski definition) is 1. The number of anilines is 1. The number of ether oxygens (including phenoxy) is 1. The third-order valence-electron chi connectivity index (χ3n) is 6.92. The highest BCUT2D eigenvalue weighted by atomic mass is 16.5. The fourth-order valence-corrected chi connectivity index (χ4v) is 5.22. The number of allylic oxidation sites excluding steroid dienone is 1. The second kappa shape index (κ2) is 9.22. The second-order valence-corrected chi connectivity index (χ2v) is 8.85. The maximum absolute atomic E-state index is 14.2. The first kappa shape index (κ1) is 22.6. The van der Waals surface area contributed by atoms with Crippen LogP contribution in [0.5, 0.6) is 0 Å². The molecular formula is C29H27N3O3. The average molecular weight is 466 g/mol. The van der Waals surface area contributed by atoms with E-state index in [9.17, 15) is 9.59 Å². The summed E-state index contributed by atoms with van der Waals surface area (Å²) >= 11 is 0. The number of carbonyl (C=O) groups excluding carboxylic acids is 2. The molecule has 2 unspecified atom stereocenters. The highest BCUT2D eigenvalue weighted by Gasteiger charge is 2.61. The van der Waals surface area contributed by atoms with Crippen LogP contribution in [0.4, 0.5) is 5.69 Å². The van der Waals surface area contributed by atoms with Crippen LogP contribution in [0.15, 0.2) is 107 Å². The molecule has 176 valence electrons. The maximum atomic E-state index is 14.2. The van der Waals surface area contributed by atoms with E-state index in [1.165, 1.54) is 12.1 Å². The summed E-state index contributed by atoms with van der Waals surface area (Å²) in [7, 11) is 1.38. The topological polar surface area (TPSA) is 71.0 Å². The SMILES string of the molecule is COC(=O)C1=C(NCc2ccccc2)CC2(C(=O)N(c3ccccc3)N=C2C)C1c1ccccc1. The molecule has 5 rings (SSSR count). The number of esters is 1. The van der Waals surface area contributed by atoms with E-state index < -0.39 is 17.3 Å². The molecule has 6 heteroatoms. The summed E-state index contributed by atoms with van der Waals surface area (Å²) in [4.78, 5) is 27.4. The Hall–Kier alpha value is -4.19. The molecule has 0 fully saturated rings. The summed E-state index contributed by atoms with van der Waals surface area (Å²) in [5.74, 6) is -1.11. The van der Waals surface area contributed by atoms with E-state index in [2.05, 4.69) is 5.32 Å². The zero-order valence-electron chi connectivity index (χ0n) is 19.8. The lowest BCUT2D eigenvalue weighted by molar-refractivity contribution is -0.136. The molecule has 2 atom stereocenters. The van der Waals surface area contributed by atoms with E-state index in [-0.39, 0.29) is 5.91 Å². The van der Waals surface area contributed by atoms with Gasteiger partial charge in [-0.25, -0.2) is 4.79 Å². The first-order valence-electron chi connectivity index (χ1n) is 11.7. The Morgan fingerprint density at radius 1 is 1.00 bits per heavy atom. The predicted octanol–water partition coefficient (Wildman–Crippen LogP) is 4.80. The Kier molecular flexibility index (Phi) is 5.95. The molecule has 1 amide bonds. The lowest BCUT2D eigenvalue weighted by atomic mass is 9.68. The van der Waals surface area contributed by atoms with E-state index in [0.717, 1.165) is 11.1 Å². The Labute approximate surface area is 204 Å². The minimum absolute atomic E-state index is 0.145. The average Bonchev–Trinajstić information content (AvgIpc) is 3.39. The number of carbonyl (C=O) groups is 2. The number of hydrazone groups is 1. The summed E-state index contributed by atoms with van der Waals surface area (Å²) in [5.41, 5.74) is 3.50. The van der Waals surface area contributed by atoms with Crippen molar-refractivity contribution in [2.45, 2.75) is 25.8 Å². The van der Waals surface area contributed by atoms with Crippen molar-refractivity contribution >= 4 is 23.3 Å². The standard InChI is InChI=1S/C29H27N3O3/c1-20-29(28(34)32(31-20)23-16-10-5-11-17-23)18-24(30-19-21-12-6-3-7-13-21)25(27(33)35-2)26(29)22-14-8-4-9-15-22/h3-17,26,30H,18-19H2,1-2H3. The van der Waals surface area contributed by atoms with Crippen molar-refractivity contribution in [3.05, 3.63) is 113 Å². The molecule has 0 aromatic heterocycles. The summed E-state index contributed by atoms with van der Waals surface area (Å²) in [6.07, 6.45) is 0.335. The van der Waals surface area contributed by atoms with Gasteiger partial charge in [-0.05, 0) is 30.2 Å². The molecule has 1 aliphatic carbocycles. The largest absolute Gasteiger partial charge is 0.466 e. The van der Waals surface area contributed by atoms with Crippen LogP contribution in [0.2, 0.25) is 0 Å². The molecule has 0 saturated heterocycles. The van der Waals surface area contributed by atoms with Gasteiger partial charge in [0.25, 0.3) is 5.91 Å². The summed E-state index contributed by atoms with van der Waals surface area (Å²) in [6, 6.07) is 29.1. The molecule has 6 nitrogen and oxygen atoms in total. The molecule has 2 aliphatic rings. The number of para-hydroxylation sites is 1. The zero-order valence-corrected chi connectivity index (χ0v) is 19.8. The molecule has 0 saturated carbocycles. The lowest BCUT2D eigenvalue weighted by Crippen LogP contribution is -2.43. The van der Waals surface area contributed by atoms with Gasteiger partial charge in [0, 0.05) is 24.6 Å². The van der Waals surface area contributed by atoms with Crippen molar-refractivity contribution in [3.8, 4) is 0 Å². The van der Waals surface area contributed by atoms with Gasteiger partial charge in [0.1, 0.15) is 5.41 Å². The second-order valence-electron chi connectivity index (χ2n) is 8.85. The number of methoxy groups -OCH3 is 1. The Morgan fingerprint density at radius 3 is 2.23 bits per heavy atom. The van der Waals surface area contributed by atoms with Crippen molar-refractivity contribution in [3.63, 3.8) is 0 Å². The van der Waals surface area contributed by atoms with Crippen molar-refractivity contribution in [2.24, 2.45) is 10.5 Å². The van der Waals surface area contributed by atoms with Gasteiger partial charge in [-0.1, -0.05) is 78.9 Å². The molecule has 0 radical (unpaired) electrons. The molecule has 1 aliphatic heterocycles. The van der Waals surface area contributed by atoms with E-state index >= 15 is 0 Å². The van der Waals surface area contributed by atoms with Crippen molar-refractivity contribution in [2.75, 3.05) is 12.1 Å². The number of nitrogens with one attached hydrogen (secondary N) is 1. The van der Waals surface area contributed by atoms with Gasteiger partial charge in [-0.3, -0.25) is 4.79 Å². The first-order valence-corrected chi connectivity index (χ1v) is 11.7. The number of amides is 1. The summed E-state index contributed by atoms with van der Waals surface area (Å²) in [6.45, 7) is 2.41. The van der Waals surface area contributed by atoms with E-state index in [1.807, 2.05) is 97.9 Å². The number of rotatable bonds is 6. The van der Waals surface area contributed by atoms with Gasteiger partial charge >= 0.3 is 5.97 Å². The fourth-order valence-electron chi connectivity index (χ4n) is 5.22. The maximum Gasteiger partial charge on any atom is 0.336 e. The molecule has 35 heavy (non-hydrogen) atoms. The molecule has 1 N–H and O–H groups in total. The Balaban J connectivity index is 1.62. The van der Waals surface area contributed by atoms with Crippen LogP contribution in [0.25, 0.3) is 0 Å². The summed E-state index contributed by atoms with van der Waals surface area (Å²) < 4.78 is 5.25. The molecule has 0 bridgehead atoms. The van der Waals surface area contributed by atoms with Crippen LogP contribution in [0.3, 0.4) is 0 Å². The first-order chi connectivity index (χ1) is 17.1. The zero-order chi connectivity index (χ0) is 24.4. The van der Waals surface area contributed by atoms with E-state index in [4.69, 9.17) is 9.84 Å². The summed E-state index contributed by atoms with van der Waals surface area (Å²) in [5, 5.41) is 9.65. The number of nitrogens with zero attached hydrogens (tertiary/aromatic N) is 2. The normalized spacial score (nSPS) is 21.4. The highest BCUT2D eigenvalue weighted by molar-refractivity contribution is 6.21. The van der Waals surface area contributed by atoms with Gasteiger partial charge in [0.2, 0.25) is 0 Å². The van der Waals surface area contributed by atoms with Crippen molar-refractivity contribution in [1.29, 1.82) is 0 Å². The van der Waals surface area contributed by atoms with Crippen LogP contribution in [0.1, 0.15) is 30.4 Å². The van der Waals surface area contributed by atoms with Crippen molar-refractivity contribution in [1.82, 2.24) is 5.32 Å². The fraction of sp³-hybridized carbons (Fsp3) is 0.207. The van der Waals surface area contributed by atoms with E-state index in [1.54, 1.807) is 0 Å². The Bertz CT molecular complexity index is 1300. The van der Waals surface area contributed by atoms with Crippen LogP contribution in [0, 0.1) is 5.41 Å². The molecule has 3 aromatic carbocycles. The lowest BCUT2D eigenvalue weighted by Gasteiger charge is -2.31. The van der Waals surface area contributed by atoms with Crippen LogP contribution in [-0.4, -0.2) is 24.7 Å². The minimum atomic E-state index is -1.03. The van der Waals surface area contributed by atoms with Crippen LogP contribution < -0.4 is 10.3 Å². The van der Waals surface area contributed by atoms with Crippen LogP contribution in [-0.2, 0) is 20.9 Å². The van der Waals surface area contributed by atoms with Gasteiger partial charge in [-0.2, -0.15) is 10.1 Å². The third kappa shape index (κ3) is 3.81. The van der Waals surface area contributed by atoms with Gasteiger partial charge in [0.05, 0.1) is 24.1 Å². The quantitative estimate of drug-likeness (QED) is 0.531. The smallest absolute Gasteiger partial charge is 0.336 e. The van der Waals surface area contributed by atoms with Crippen LogP contribution >= 0.6 is 0 Å².